The predicted molar refractivity (Wildman–Crippen MR) is 93.4 cm³/mol. The van der Waals surface area contributed by atoms with E-state index in [2.05, 4.69) is 4.99 Å². The number of hydrogen-bond acceptors (Lipinski definition) is 8. The summed E-state index contributed by atoms with van der Waals surface area (Å²) in [5, 5.41) is 21.9. The van der Waals surface area contributed by atoms with Crippen LogP contribution in [0.25, 0.3) is 6.08 Å². The lowest BCUT2D eigenvalue weighted by molar-refractivity contribution is -0.385. The summed E-state index contributed by atoms with van der Waals surface area (Å²) in [6, 6.07) is 9.64. The molecule has 10 heteroatoms. The Morgan fingerprint density at radius 3 is 2.56 bits per heavy atom. The Morgan fingerprint density at radius 1 is 1.11 bits per heavy atom. The lowest BCUT2D eigenvalue weighted by atomic mass is 10.1. The van der Waals surface area contributed by atoms with Crippen molar-refractivity contribution in [1.29, 1.82) is 0 Å². The molecule has 0 saturated heterocycles. The Morgan fingerprint density at radius 2 is 1.89 bits per heavy atom. The molecule has 1 aliphatic heterocycles. The Balaban J connectivity index is 1.97. The van der Waals surface area contributed by atoms with Gasteiger partial charge in [0, 0.05) is 23.8 Å². The predicted octanol–water partition coefficient (Wildman–Crippen LogP) is 2.86. The number of hydrogen-bond donors (Lipinski definition) is 0. The van der Waals surface area contributed by atoms with Gasteiger partial charge in [-0.15, -0.1) is 0 Å². The van der Waals surface area contributed by atoms with Gasteiger partial charge in [-0.25, -0.2) is 9.79 Å². The van der Waals surface area contributed by atoms with Crippen LogP contribution in [0.15, 0.2) is 53.2 Å². The van der Waals surface area contributed by atoms with Crippen molar-refractivity contribution in [3.8, 4) is 5.75 Å². The van der Waals surface area contributed by atoms with E-state index in [1.165, 1.54) is 55.7 Å². The normalized spacial score (nSPS) is 14.6. The number of ether oxygens (including phenoxy) is 2. The molecule has 0 N–H and O–H groups in total. The fourth-order valence-electron chi connectivity index (χ4n) is 2.38. The number of benzene rings is 2. The highest BCUT2D eigenvalue weighted by molar-refractivity contribution is 6.13. The largest absolute Gasteiger partial charge is 0.490 e. The number of non-ortho nitro benzene ring substituents is 1. The summed E-state index contributed by atoms with van der Waals surface area (Å²) in [4.78, 5) is 36.8. The van der Waals surface area contributed by atoms with Crippen LogP contribution in [0.5, 0.6) is 5.75 Å². The molecular formula is C17H11N3O7. The van der Waals surface area contributed by atoms with Gasteiger partial charge in [-0.2, -0.15) is 0 Å². The highest BCUT2D eigenvalue weighted by atomic mass is 16.6. The lowest BCUT2D eigenvalue weighted by Gasteiger charge is -2.02. The Hall–Kier alpha value is -4.08. The summed E-state index contributed by atoms with van der Waals surface area (Å²) in [5.41, 5.74) is 0.0895. The fraction of sp³-hybridized carbons (Fsp3) is 0.0588. The van der Waals surface area contributed by atoms with Gasteiger partial charge in [0.05, 0.1) is 17.0 Å². The van der Waals surface area contributed by atoms with Crippen molar-refractivity contribution < 1.29 is 24.1 Å². The van der Waals surface area contributed by atoms with Crippen molar-refractivity contribution in [1.82, 2.24) is 0 Å². The van der Waals surface area contributed by atoms with Crippen molar-refractivity contribution in [2.45, 2.75) is 0 Å². The summed E-state index contributed by atoms with van der Waals surface area (Å²) in [6.07, 6.45) is 1.32. The van der Waals surface area contributed by atoms with Gasteiger partial charge in [0.15, 0.2) is 11.4 Å². The molecule has 2 aromatic rings. The topological polar surface area (TPSA) is 134 Å². The van der Waals surface area contributed by atoms with E-state index in [9.17, 15) is 25.0 Å². The Bertz CT molecular complexity index is 1030. The first-order valence-electron chi connectivity index (χ1n) is 7.49. The second kappa shape index (κ2) is 7.04. The van der Waals surface area contributed by atoms with Gasteiger partial charge in [0.25, 0.3) is 5.69 Å². The van der Waals surface area contributed by atoms with E-state index in [0.29, 0.717) is 5.56 Å². The van der Waals surface area contributed by atoms with Crippen molar-refractivity contribution in [3.05, 3.63) is 79.5 Å². The average Bonchev–Trinajstić information content (AvgIpc) is 3.02. The third kappa shape index (κ3) is 3.63. The third-order valence-corrected chi connectivity index (χ3v) is 3.63. The van der Waals surface area contributed by atoms with E-state index in [1.54, 1.807) is 0 Å². The molecule has 0 aliphatic carbocycles. The van der Waals surface area contributed by atoms with Gasteiger partial charge in [-0.1, -0.05) is 12.1 Å². The fourth-order valence-corrected chi connectivity index (χ4v) is 2.38. The molecule has 0 unspecified atom stereocenters. The van der Waals surface area contributed by atoms with E-state index >= 15 is 0 Å². The molecule has 0 bridgehead atoms. The van der Waals surface area contributed by atoms with Crippen LogP contribution in [0.2, 0.25) is 0 Å². The molecule has 0 spiro atoms. The maximum absolute atomic E-state index is 12.0. The summed E-state index contributed by atoms with van der Waals surface area (Å²) < 4.78 is 9.97. The SMILES string of the molecule is COc1ccc(/C=C2\N=C(c3cccc([N+](=O)[O-])c3)OC2=O)cc1[N+](=O)[O-]. The van der Waals surface area contributed by atoms with Crippen LogP contribution in [-0.2, 0) is 9.53 Å². The zero-order valence-electron chi connectivity index (χ0n) is 13.8. The number of carbonyl (C=O) groups excluding carboxylic acids is 1. The summed E-state index contributed by atoms with van der Waals surface area (Å²) in [5.74, 6) is -0.773. The number of esters is 1. The molecule has 10 nitrogen and oxygen atoms in total. The molecule has 0 radical (unpaired) electrons. The van der Waals surface area contributed by atoms with Crippen LogP contribution < -0.4 is 4.74 Å². The van der Waals surface area contributed by atoms with Gasteiger partial charge in [-0.05, 0) is 23.8 Å². The van der Waals surface area contributed by atoms with Crippen molar-refractivity contribution in [3.63, 3.8) is 0 Å². The monoisotopic (exact) mass is 369 g/mol. The number of cyclic esters (lactones) is 1. The zero-order valence-corrected chi connectivity index (χ0v) is 13.8. The van der Waals surface area contributed by atoms with E-state index in [4.69, 9.17) is 9.47 Å². The first kappa shape index (κ1) is 17.7. The Kier molecular flexibility index (Phi) is 4.62. The highest BCUT2D eigenvalue weighted by Gasteiger charge is 2.25. The molecule has 1 aliphatic rings. The van der Waals surface area contributed by atoms with Crippen LogP contribution in [-0.4, -0.2) is 28.8 Å². The number of nitro benzene ring substituents is 2. The molecule has 1 heterocycles. The van der Waals surface area contributed by atoms with Crippen LogP contribution >= 0.6 is 0 Å². The zero-order chi connectivity index (χ0) is 19.6. The molecule has 2 aromatic carbocycles. The minimum atomic E-state index is -0.769. The van der Waals surface area contributed by atoms with Gasteiger partial charge < -0.3 is 9.47 Å². The molecular weight excluding hydrogens is 358 g/mol. The quantitative estimate of drug-likeness (QED) is 0.342. The van der Waals surface area contributed by atoms with Crippen LogP contribution in [0.3, 0.4) is 0 Å². The summed E-state index contributed by atoms with van der Waals surface area (Å²) in [6.45, 7) is 0. The van der Waals surface area contributed by atoms with E-state index < -0.39 is 15.8 Å². The van der Waals surface area contributed by atoms with Crippen LogP contribution in [0, 0.1) is 20.2 Å². The molecule has 0 amide bonds. The maximum atomic E-state index is 12.0. The van der Waals surface area contributed by atoms with Crippen LogP contribution in [0.4, 0.5) is 11.4 Å². The van der Waals surface area contributed by atoms with E-state index in [0.717, 1.165) is 0 Å². The lowest BCUT2D eigenvalue weighted by Crippen LogP contribution is -2.05. The van der Waals surface area contributed by atoms with Gasteiger partial charge in [0.1, 0.15) is 0 Å². The van der Waals surface area contributed by atoms with Crippen LogP contribution in [0.1, 0.15) is 11.1 Å². The smallest absolute Gasteiger partial charge is 0.363 e. The molecule has 0 fully saturated rings. The number of aliphatic imine (C=N–C) groups is 1. The summed E-state index contributed by atoms with van der Waals surface area (Å²) >= 11 is 0. The van der Waals surface area contributed by atoms with Gasteiger partial charge in [0.2, 0.25) is 5.90 Å². The third-order valence-electron chi connectivity index (χ3n) is 3.63. The number of nitro groups is 2. The molecule has 136 valence electrons. The van der Waals surface area contributed by atoms with Crippen molar-refractivity contribution in [2.24, 2.45) is 4.99 Å². The second-order valence-electron chi connectivity index (χ2n) is 5.33. The molecule has 27 heavy (non-hydrogen) atoms. The number of nitrogens with zero attached hydrogens (tertiary/aromatic N) is 3. The number of methoxy groups -OCH3 is 1. The molecule has 0 aromatic heterocycles. The van der Waals surface area contributed by atoms with Crippen molar-refractivity contribution >= 4 is 29.3 Å². The second-order valence-corrected chi connectivity index (χ2v) is 5.33. The Labute approximate surface area is 151 Å². The van der Waals surface area contributed by atoms with Gasteiger partial charge >= 0.3 is 11.7 Å². The van der Waals surface area contributed by atoms with Gasteiger partial charge in [-0.3, -0.25) is 20.2 Å². The molecule has 0 saturated carbocycles. The molecule has 0 atom stereocenters. The number of carbonyl (C=O) groups is 1. The average molecular weight is 369 g/mol. The minimum Gasteiger partial charge on any atom is -0.490 e. The molecule has 3 rings (SSSR count). The number of rotatable bonds is 5. The summed E-state index contributed by atoms with van der Waals surface area (Å²) in [7, 11) is 1.31. The minimum absolute atomic E-state index is 0.0805. The standard InChI is InChI=1S/C17H11N3O7/c1-26-15-6-5-10(8-14(15)20(24)25)7-13-17(21)27-16(18-13)11-3-2-4-12(9-11)19(22)23/h2-9H,1H3/b13-7-. The van der Waals surface area contributed by atoms with E-state index in [1.807, 2.05) is 0 Å². The first-order valence-corrected chi connectivity index (χ1v) is 7.49. The first-order chi connectivity index (χ1) is 12.9. The van der Waals surface area contributed by atoms with Crippen molar-refractivity contribution in [2.75, 3.05) is 7.11 Å². The highest BCUT2D eigenvalue weighted by Crippen LogP contribution is 2.29. The van der Waals surface area contributed by atoms with E-state index in [-0.39, 0.29) is 34.3 Å². The maximum Gasteiger partial charge on any atom is 0.363 e.